The van der Waals surface area contributed by atoms with E-state index in [0.29, 0.717) is 0 Å². The first-order valence-corrected chi connectivity index (χ1v) is 11.2. The molecule has 0 aliphatic carbocycles. The van der Waals surface area contributed by atoms with E-state index in [1.54, 1.807) is 7.05 Å². The van der Waals surface area contributed by atoms with Crippen molar-refractivity contribution in [2.75, 3.05) is 25.5 Å². The minimum absolute atomic E-state index is 0.202. The monoisotopic (exact) mass is 411 g/mol. The Kier molecular flexibility index (Phi) is 10.8. The van der Waals surface area contributed by atoms with Crippen LogP contribution in [0.1, 0.15) is 63.1 Å². The smallest absolute Gasteiger partial charge is 0.318 e. The number of urea groups is 1. The number of benzene rings is 2. The molecule has 0 aromatic heterocycles. The third kappa shape index (κ3) is 8.46. The first kappa shape index (κ1) is 23.7. The summed E-state index contributed by atoms with van der Waals surface area (Å²) in [5, 5.41) is 9.16. The lowest BCUT2D eigenvalue weighted by Crippen LogP contribution is -2.25. The zero-order chi connectivity index (χ0) is 21.6. The minimum Gasteiger partial charge on any atom is -0.494 e. The van der Waals surface area contributed by atoms with Crippen LogP contribution in [-0.2, 0) is 6.42 Å². The Labute approximate surface area is 181 Å². The molecule has 2 amide bonds. The van der Waals surface area contributed by atoms with E-state index in [1.807, 2.05) is 12.1 Å². The number of amides is 2. The van der Waals surface area contributed by atoms with Crippen LogP contribution >= 0.6 is 0 Å². The van der Waals surface area contributed by atoms with Gasteiger partial charge in [0.25, 0.3) is 0 Å². The summed E-state index contributed by atoms with van der Waals surface area (Å²) in [5.41, 5.74) is 3.32. The van der Waals surface area contributed by atoms with E-state index < -0.39 is 0 Å². The van der Waals surface area contributed by atoms with Gasteiger partial charge in [0.15, 0.2) is 0 Å². The van der Waals surface area contributed by atoms with Gasteiger partial charge in [0.2, 0.25) is 0 Å². The van der Waals surface area contributed by atoms with Gasteiger partial charge in [-0.2, -0.15) is 0 Å². The summed E-state index contributed by atoms with van der Waals surface area (Å²) >= 11 is 0. The van der Waals surface area contributed by atoms with Crippen molar-refractivity contribution in [1.29, 1.82) is 0 Å². The van der Waals surface area contributed by atoms with Gasteiger partial charge in [-0.25, -0.2) is 4.79 Å². The van der Waals surface area contributed by atoms with E-state index in [2.05, 4.69) is 66.2 Å². The average Bonchev–Trinajstić information content (AvgIpc) is 2.77. The predicted octanol–water partition coefficient (Wildman–Crippen LogP) is 5.68. The lowest BCUT2D eigenvalue weighted by atomic mass is 10.00. The van der Waals surface area contributed by atoms with Gasteiger partial charge in [-0.3, -0.25) is 0 Å². The van der Waals surface area contributed by atoms with Crippen molar-refractivity contribution in [2.45, 2.75) is 58.4 Å². The third-order valence-electron chi connectivity index (χ3n) is 5.11. The molecule has 5 nitrogen and oxygen atoms in total. The second-order valence-electron chi connectivity index (χ2n) is 7.57. The molecule has 0 heterocycles. The number of nitrogens with one attached hydrogen (secondary N) is 3. The van der Waals surface area contributed by atoms with Crippen molar-refractivity contribution in [3.05, 3.63) is 59.7 Å². The van der Waals surface area contributed by atoms with Gasteiger partial charge in [-0.05, 0) is 61.2 Å². The van der Waals surface area contributed by atoms with E-state index in [-0.39, 0.29) is 12.1 Å². The number of anilines is 1. The molecule has 0 spiro atoms. The SMILES string of the molecule is CCCCOc1ccc(CCNC(CCCC)c2cccc(NC(=O)NC)c2)cc1. The number of carbonyl (C=O) groups excluding carboxylic acids is 1. The summed E-state index contributed by atoms with van der Waals surface area (Å²) in [6.45, 7) is 6.06. The summed E-state index contributed by atoms with van der Waals surface area (Å²) in [6, 6.07) is 16.6. The molecule has 2 aromatic rings. The zero-order valence-electron chi connectivity index (χ0n) is 18.7. The van der Waals surface area contributed by atoms with Crippen LogP contribution in [0.4, 0.5) is 10.5 Å². The van der Waals surface area contributed by atoms with Gasteiger partial charge < -0.3 is 20.7 Å². The van der Waals surface area contributed by atoms with Crippen molar-refractivity contribution in [3.63, 3.8) is 0 Å². The second-order valence-corrected chi connectivity index (χ2v) is 7.57. The van der Waals surface area contributed by atoms with Crippen LogP contribution in [0.3, 0.4) is 0 Å². The summed E-state index contributed by atoms with van der Waals surface area (Å²) in [6.07, 6.45) is 6.60. The molecule has 0 bridgehead atoms. The highest BCUT2D eigenvalue weighted by Gasteiger charge is 2.12. The fourth-order valence-corrected chi connectivity index (χ4v) is 3.30. The largest absolute Gasteiger partial charge is 0.494 e. The van der Waals surface area contributed by atoms with Crippen molar-refractivity contribution < 1.29 is 9.53 Å². The highest BCUT2D eigenvalue weighted by molar-refractivity contribution is 5.89. The lowest BCUT2D eigenvalue weighted by Gasteiger charge is -2.20. The first-order chi connectivity index (χ1) is 14.7. The second kappa shape index (κ2) is 13.6. The van der Waals surface area contributed by atoms with E-state index in [0.717, 1.165) is 63.1 Å². The van der Waals surface area contributed by atoms with Crippen LogP contribution in [0.2, 0.25) is 0 Å². The van der Waals surface area contributed by atoms with Gasteiger partial charge in [-0.15, -0.1) is 0 Å². The predicted molar refractivity (Wildman–Crippen MR) is 125 cm³/mol. The third-order valence-corrected chi connectivity index (χ3v) is 5.11. The number of hydrogen-bond acceptors (Lipinski definition) is 3. The molecule has 0 fully saturated rings. The van der Waals surface area contributed by atoms with Crippen molar-refractivity contribution in [2.24, 2.45) is 0 Å². The molecule has 0 saturated carbocycles. The molecule has 0 radical (unpaired) electrons. The Bertz CT molecular complexity index is 746. The summed E-state index contributed by atoms with van der Waals surface area (Å²) in [5.74, 6) is 0.946. The van der Waals surface area contributed by atoms with Gasteiger partial charge >= 0.3 is 6.03 Å². The average molecular weight is 412 g/mol. The van der Waals surface area contributed by atoms with Crippen LogP contribution in [0.15, 0.2) is 48.5 Å². The molecule has 2 rings (SSSR count). The Balaban J connectivity index is 1.92. The molecule has 1 unspecified atom stereocenters. The molecule has 0 aliphatic rings. The fraction of sp³-hybridized carbons (Fsp3) is 0.480. The first-order valence-electron chi connectivity index (χ1n) is 11.2. The van der Waals surface area contributed by atoms with Gasteiger partial charge in [0.1, 0.15) is 5.75 Å². The molecule has 0 aliphatic heterocycles. The molecule has 0 saturated heterocycles. The number of unbranched alkanes of at least 4 members (excludes halogenated alkanes) is 2. The standard InChI is InChI=1S/C25H37N3O2/c1-4-6-11-24(21-9-8-10-22(19-21)28-25(29)26-3)27-17-16-20-12-14-23(15-13-20)30-18-7-5-2/h8-10,12-15,19,24,27H,4-7,11,16-18H2,1-3H3,(H2,26,28,29). The fourth-order valence-electron chi connectivity index (χ4n) is 3.30. The van der Waals surface area contributed by atoms with Gasteiger partial charge in [0, 0.05) is 18.8 Å². The molecular formula is C25H37N3O2. The van der Waals surface area contributed by atoms with Gasteiger partial charge in [0.05, 0.1) is 6.61 Å². The Morgan fingerprint density at radius 2 is 1.80 bits per heavy atom. The molecular weight excluding hydrogens is 374 g/mol. The van der Waals surface area contributed by atoms with Crippen LogP contribution in [-0.4, -0.2) is 26.2 Å². The number of ether oxygens (including phenoxy) is 1. The maximum absolute atomic E-state index is 11.6. The number of carbonyl (C=O) groups is 1. The van der Waals surface area contributed by atoms with Crippen LogP contribution < -0.4 is 20.7 Å². The Morgan fingerprint density at radius 1 is 1.03 bits per heavy atom. The molecule has 2 aromatic carbocycles. The quantitative estimate of drug-likeness (QED) is 0.372. The molecule has 1 atom stereocenters. The summed E-state index contributed by atoms with van der Waals surface area (Å²) < 4.78 is 5.74. The normalized spacial score (nSPS) is 11.7. The highest BCUT2D eigenvalue weighted by atomic mass is 16.5. The molecule has 164 valence electrons. The topological polar surface area (TPSA) is 62.4 Å². The van der Waals surface area contributed by atoms with Crippen molar-refractivity contribution >= 4 is 11.7 Å². The number of rotatable bonds is 13. The van der Waals surface area contributed by atoms with Crippen molar-refractivity contribution in [3.8, 4) is 5.75 Å². The molecule has 3 N–H and O–H groups in total. The Hall–Kier alpha value is -2.53. The molecule has 5 heteroatoms. The van der Waals surface area contributed by atoms with E-state index in [9.17, 15) is 4.79 Å². The molecule has 30 heavy (non-hydrogen) atoms. The van der Waals surface area contributed by atoms with Crippen LogP contribution in [0.5, 0.6) is 5.75 Å². The van der Waals surface area contributed by atoms with E-state index in [4.69, 9.17) is 4.74 Å². The maximum atomic E-state index is 11.6. The van der Waals surface area contributed by atoms with Crippen LogP contribution in [0.25, 0.3) is 0 Å². The highest BCUT2D eigenvalue weighted by Crippen LogP contribution is 2.23. The summed E-state index contributed by atoms with van der Waals surface area (Å²) in [4.78, 5) is 11.6. The summed E-state index contributed by atoms with van der Waals surface area (Å²) in [7, 11) is 1.62. The minimum atomic E-state index is -0.202. The van der Waals surface area contributed by atoms with E-state index in [1.165, 1.54) is 11.1 Å². The number of hydrogen-bond donors (Lipinski definition) is 3. The van der Waals surface area contributed by atoms with Gasteiger partial charge in [-0.1, -0.05) is 57.4 Å². The zero-order valence-corrected chi connectivity index (χ0v) is 18.7. The lowest BCUT2D eigenvalue weighted by molar-refractivity contribution is 0.254. The van der Waals surface area contributed by atoms with Crippen molar-refractivity contribution in [1.82, 2.24) is 10.6 Å². The maximum Gasteiger partial charge on any atom is 0.318 e. The Morgan fingerprint density at radius 3 is 2.50 bits per heavy atom. The van der Waals surface area contributed by atoms with Crippen LogP contribution in [0, 0.1) is 0 Å². The van der Waals surface area contributed by atoms with E-state index >= 15 is 0 Å².